The number of aromatic nitrogens is 1. The zero-order chi connectivity index (χ0) is 19.3. The van der Waals surface area contributed by atoms with Crippen molar-refractivity contribution in [3.63, 3.8) is 0 Å². The predicted octanol–water partition coefficient (Wildman–Crippen LogP) is 3.76. The molecule has 28 heavy (non-hydrogen) atoms. The number of hydrogen-bond donors (Lipinski definition) is 0. The molecule has 2 aromatic rings. The van der Waals surface area contributed by atoms with Gasteiger partial charge in [-0.2, -0.15) is 0 Å². The number of hydrogen-bond acceptors (Lipinski definition) is 3. The second-order valence-corrected chi connectivity index (χ2v) is 8.41. The smallest absolute Gasteiger partial charge is 0.242 e. The number of ether oxygens (including phenoxy) is 1. The molecule has 0 unspecified atom stereocenters. The predicted molar refractivity (Wildman–Crippen MR) is 113 cm³/mol. The monoisotopic (exact) mass is 383 g/mol. The van der Waals surface area contributed by atoms with E-state index in [9.17, 15) is 4.79 Å². The fourth-order valence-electron chi connectivity index (χ4n) is 4.83. The van der Waals surface area contributed by atoms with E-state index in [1.54, 1.807) is 7.11 Å². The summed E-state index contributed by atoms with van der Waals surface area (Å²) >= 11 is 0. The molecule has 0 atom stereocenters. The number of benzene rings is 1. The summed E-state index contributed by atoms with van der Waals surface area (Å²) in [5.74, 6) is 1.95. The maximum atomic E-state index is 12.9. The second-order valence-electron chi connectivity index (χ2n) is 8.41. The van der Waals surface area contributed by atoms with E-state index >= 15 is 0 Å². The summed E-state index contributed by atoms with van der Waals surface area (Å²) in [6.45, 7) is 5.54. The van der Waals surface area contributed by atoms with E-state index in [0.717, 1.165) is 55.2 Å². The zero-order valence-electron chi connectivity index (χ0n) is 17.1. The van der Waals surface area contributed by atoms with Crippen molar-refractivity contribution in [1.82, 2.24) is 14.4 Å². The molecule has 0 spiro atoms. The Kier molecular flexibility index (Phi) is 6.20. The highest BCUT2D eigenvalue weighted by atomic mass is 16.5. The minimum Gasteiger partial charge on any atom is -0.497 e. The fourth-order valence-corrected chi connectivity index (χ4v) is 4.83. The van der Waals surface area contributed by atoms with Gasteiger partial charge in [-0.25, -0.2) is 0 Å². The average molecular weight is 384 g/mol. The van der Waals surface area contributed by atoms with Crippen LogP contribution in [0.4, 0.5) is 0 Å². The van der Waals surface area contributed by atoms with Gasteiger partial charge in [0.2, 0.25) is 5.91 Å². The number of nitrogens with zero attached hydrogens (tertiary/aromatic N) is 3. The van der Waals surface area contributed by atoms with E-state index in [2.05, 4.69) is 20.4 Å². The van der Waals surface area contributed by atoms with Gasteiger partial charge in [-0.3, -0.25) is 4.79 Å². The van der Waals surface area contributed by atoms with Crippen LogP contribution in [-0.2, 0) is 11.3 Å². The number of carbonyl (C=O) groups excluding carboxylic acids is 1. The molecule has 1 aromatic heterocycles. The first-order chi connectivity index (χ1) is 13.7. The maximum absolute atomic E-state index is 12.9. The number of rotatable bonds is 5. The van der Waals surface area contributed by atoms with E-state index < -0.39 is 0 Å². The molecule has 2 fully saturated rings. The molecule has 4 rings (SSSR count). The van der Waals surface area contributed by atoms with Crippen molar-refractivity contribution in [2.75, 3.05) is 39.8 Å². The van der Waals surface area contributed by atoms with Gasteiger partial charge in [-0.15, -0.1) is 0 Å². The largest absolute Gasteiger partial charge is 0.497 e. The Bertz CT molecular complexity index is 794. The third-order valence-corrected chi connectivity index (χ3v) is 6.47. The number of amides is 1. The molecule has 1 saturated heterocycles. The van der Waals surface area contributed by atoms with Gasteiger partial charge in [0.25, 0.3) is 0 Å². The molecule has 2 heterocycles. The van der Waals surface area contributed by atoms with Crippen LogP contribution in [0.1, 0.15) is 38.5 Å². The lowest BCUT2D eigenvalue weighted by atomic mass is 9.89. The van der Waals surface area contributed by atoms with Gasteiger partial charge in [0, 0.05) is 43.3 Å². The normalized spacial score (nSPS) is 19.7. The third-order valence-electron chi connectivity index (χ3n) is 6.47. The van der Waals surface area contributed by atoms with Crippen LogP contribution in [0, 0.1) is 5.92 Å². The quantitative estimate of drug-likeness (QED) is 0.789. The van der Waals surface area contributed by atoms with Crippen molar-refractivity contribution in [3.05, 3.63) is 30.5 Å². The first-order valence-corrected chi connectivity index (χ1v) is 10.9. The maximum Gasteiger partial charge on any atom is 0.242 e. The van der Waals surface area contributed by atoms with Crippen LogP contribution in [0.2, 0.25) is 0 Å². The van der Waals surface area contributed by atoms with Crippen LogP contribution in [0.5, 0.6) is 5.75 Å². The molecule has 1 amide bonds. The molecule has 1 aliphatic carbocycles. The van der Waals surface area contributed by atoms with Gasteiger partial charge < -0.3 is 19.1 Å². The Morgan fingerprint density at radius 1 is 1.04 bits per heavy atom. The summed E-state index contributed by atoms with van der Waals surface area (Å²) in [5.41, 5.74) is 1.09. The van der Waals surface area contributed by atoms with Gasteiger partial charge in [0.05, 0.1) is 7.11 Å². The number of carbonyl (C=O) groups is 1. The van der Waals surface area contributed by atoms with Gasteiger partial charge in [0.1, 0.15) is 12.3 Å². The summed E-state index contributed by atoms with van der Waals surface area (Å²) in [5, 5.41) is 1.11. The van der Waals surface area contributed by atoms with Gasteiger partial charge in [-0.05, 0) is 56.0 Å². The van der Waals surface area contributed by atoms with Crippen LogP contribution in [-0.4, -0.2) is 60.1 Å². The minimum absolute atomic E-state index is 0.229. The van der Waals surface area contributed by atoms with Gasteiger partial charge in [-0.1, -0.05) is 19.3 Å². The van der Waals surface area contributed by atoms with Crippen molar-refractivity contribution in [2.24, 2.45) is 5.92 Å². The summed E-state index contributed by atoms with van der Waals surface area (Å²) in [6, 6.07) is 8.07. The van der Waals surface area contributed by atoms with Crippen molar-refractivity contribution in [3.8, 4) is 5.75 Å². The molecule has 0 radical (unpaired) electrons. The van der Waals surface area contributed by atoms with E-state index in [-0.39, 0.29) is 5.91 Å². The highest BCUT2D eigenvalue weighted by molar-refractivity contribution is 5.84. The van der Waals surface area contributed by atoms with Gasteiger partial charge in [0.15, 0.2) is 0 Å². The lowest BCUT2D eigenvalue weighted by molar-refractivity contribution is -0.131. The van der Waals surface area contributed by atoms with Crippen molar-refractivity contribution in [1.29, 1.82) is 0 Å². The number of methoxy groups -OCH3 is 1. The third kappa shape index (κ3) is 4.52. The standard InChI is InChI=1S/C23H33N3O2/c1-28-21-8-9-22-20(16-21)10-13-26(22)18-23(27)25-12-5-11-24(14-15-25)17-19-6-3-2-4-7-19/h8-10,13,16,19H,2-7,11-12,14-15,17-18H2,1H3. The SMILES string of the molecule is COc1ccc2c(ccn2CC(=O)N2CCCN(CC3CCCCC3)CC2)c1. The molecule has 1 aromatic carbocycles. The van der Waals surface area contributed by atoms with E-state index in [1.807, 2.05) is 24.4 Å². The lowest BCUT2D eigenvalue weighted by Crippen LogP contribution is -2.38. The van der Waals surface area contributed by atoms with Crippen molar-refractivity contribution in [2.45, 2.75) is 45.1 Å². The highest BCUT2D eigenvalue weighted by Gasteiger charge is 2.22. The van der Waals surface area contributed by atoms with Crippen LogP contribution < -0.4 is 4.74 Å². The topological polar surface area (TPSA) is 37.7 Å². The van der Waals surface area contributed by atoms with Crippen LogP contribution in [0.3, 0.4) is 0 Å². The molecule has 2 aliphatic rings. The van der Waals surface area contributed by atoms with Crippen LogP contribution in [0.15, 0.2) is 30.5 Å². The first-order valence-electron chi connectivity index (χ1n) is 10.9. The molecule has 1 aliphatic heterocycles. The second kappa shape index (κ2) is 8.99. The molecular formula is C23H33N3O2. The fraction of sp³-hybridized carbons (Fsp3) is 0.609. The van der Waals surface area contributed by atoms with Crippen molar-refractivity contribution < 1.29 is 9.53 Å². The molecular weight excluding hydrogens is 350 g/mol. The summed E-state index contributed by atoms with van der Waals surface area (Å²) < 4.78 is 7.35. The first kappa shape index (κ1) is 19.3. The molecule has 0 bridgehead atoms. The Balaban J connectivity index is 1.33. The Morgan fingerprint density at radius 3 is 2.71 bits per heavy atom. The Labute approximate surface area is 168 Å². The van der Waals surface area contributed by atoms with E-state index in [0.29, 0.717) is 6.54 Å². The minimum atomic E-state index is 0.229. The summed E-state index contributed by atoms with van der Waals surface area (Å²) in [7, 11) is 1.68. The molecule has 5 nitrogen and oxygen atoms in total. The Morgan fingerprint density at radius 2 is 1.89 bits per heavy atom. The van der Waals surface area contributed by atoms with Crippen LogP contribution in [0.25, 0.3) is 10.9 Å². The van der Waals surface area contributed by atoms with E-state index in [1.165, 1.54) is 38.6 Å². The molecule has 1 saturated carbocycles. The summed E-state index contributed by atoms with van der Waals surface area (Å²) in [4.78, 5) is 17.6. The van der Waals surface area contributed by atoms with Crippen molar-refractivity contribution >= 4 is 16.8 Å². The summed E-state index contributed by atoms with van der Waals surface area (Å²) in [6.07, 6.45) is 10.1. The molecule has 152 valence electrons. The molecule has 0 N–H and O–H groups in total. The Hall–Kier alpha value is -2.01. The van der Waals surface area contributed by atoms with E-state index in [4.69, 9.17) is 4.74 Å². The average Bonchev–Trinajstić information content (AvgIpc) is 2.96. The van der Waals surface area contributed by atoms with Gasteiger partial charge >= 0.3 is 0 Å². The van der Waals surface area contributed by atoms with Crippen LogP contribution >= 0.6 is 0 Å². The zero-order valence-corrected chi connectivity index (χ0v) is 17.1. The lowest BCUT2D eigenvalue weighted by Gasteiger charge is -2.28. The number of fused-ring (bicyclic) bond motifs is 1. The highest BCUT2D eigenvalue weighted by Crippen LogP contribution is 2.25. The molecule has 5 heteroatoms.